The third-order valence-electron chi connectivity index (χ3n) is 4.45. The summed E-state index contributed by atoms with van der Waals surface area (Å²) >= 11 is 1.18. The number of methoxy groups -OCH3 is 1. The standard InChI is InChI=1S/C19H27N3O4S/c1-14(23)27-13-16(12-15-8-4-3-5-9-15)20-18(24)22(21-19(25)26-2)17-10-6-7-11-17/h3-5,8-9,16-17H,6-7,10-13H2,1-2H3,(H,20,24)(H,21,25). The average Bonchev–Trinajstić information content (AvgIpc) is 3.19. The number of carbonyl (C=O) groups is 3. The smallest absolute Gasteiger partial charge is 0.425 e. The molecule has 0 aromatic heterocycles. The highest BCUT2D eigenvalue weighted by Gasteiger charge is 2.30. The Bertz CT molecular complexity index is 635. The van der Waals surface area contributed by atoms with Crippen molar-refractivity contribution in [2.24, 2.45) is 0 Å². The van der Waals surface area contributed by atoms with Crippen LogP contribution in [0.15, 0.2) is 30.3 Å². The van der Waals surface area contributed by atoms with Crippen molar-refractivity contribution >= 4 is 29.0 Å². The number of benzene rings is 1. The summed E-state index contributed by atoms with van der Waals surface area (Å²) < 4.78 is 4.65. The third-order valence-corrected chi connectivity index (χ3v) is 5.42. The summed E-state index contributed by atoms with van der Waals surface area (Å²) in [6.07, 6.45) is 3.64. The van der Waals surface area contributed by atoms with Crippen LogP contribution < -0.4 is 10.7 Å². The number of rotatable bonds is 6. The monoisotopic (exact) mass is 393 g/mol. The van der Waals surface area contributed by atoms with E-state index in [9.17, 15) is 14.4 Å². The summed E-state index contributed by atoms with van der Waals surface area (Å²) in [6, 6.07) is 9.12. The Morgan fingerprint density at radius 1 is 1.22 bits per heavy atom. The van der Waals surface area contributed by atoms with Gasteiger partial charge in [0.25, 0.3) is 0 Å². The highest BCUT2D eigenvalue weighted by atomic mass is 32.2. The number of carbonyl (C=O) groups excluding carboxylic acids is 3. The van der Waals surface area contributed by atoms with Gasteiger partial charge >= 0.3 is 12.1 Å². The predicted octanol–water partition coefficient (Wildman–Crippen LogP) is 3.10. The number of hydrogen-bond acceptors (Lipinski definition) is 5. The molecule has 3 amide bonds. The van der Waals surface area contributed by atoms with Crippen LogP contribution in [0.1, 0.15) is 38.2 Å². The molecule has 7 nitrogen and oxygen atoms in total. The molecule has 1 aromatic carbocycles. The molecule has 1 aliphatic carbocycles. The van der Waals surface area contributed by atoms with Crippen LogP contribution in [-0.2, 0) is 16.0 Å². The fourth-order valence-electron chi connectivity index (χ4n) is 3.13. The maximum atomic E-state index is 12.9. The Hall–Kier alpha value is -2.22. The van der Waals surface area contributed by atoms with Gasteiger partial charge in [0.2, 0.25) is 0 Å². The molecule has 0 heterocycles. The van der Waals surface area contributed by atoms with Gasteiger partial charge in [-0.2, -0.15) is 0 Å². The van der Waals surface area contributed by atoms with Crippen LogP contribution >= 0.6 is 11.8 Å². The zero-order valence-corrected chi connectivity index (χ0v) is 16.6. The first-order valence-corrected chi connectivity index (χ1v) is 10.1. The highest BCUT2D eigenvalue weighted by molar-refractivity contribution is 8.13. The SMILES string of the molecule is COC(=O)NN(C(=O)NC(CSC(C)=O)Cc1ccccc1)C1CCCC1. The molecule has 27 heavy (non-hydrogen) atoms. The number of hydrogen-bond donors (Lipinski definition) is 2. The van der Waals surface area contributed by atoms with Crippen molar-refractivity contribution in [3.63, 3.8) is 0 Å². The molecule has 1 saturated carbocycles. The maximum Gasteiger partial charge on any atom is 0.425 e. The number of ether oxygens (including phenoxy) is 1. The lowest BCUT2D eigenvalue weighted by molar-refractivity contribution is -0.109. The summed E-state index contributed by atoms with van der Waals surface area (Å²) in [5.41, 5.74) is 3.60. The van der Waals surface area contributed by atoms with Crippen molar-refractivity contribution in [1.82, 2.24) is 15.8 Å². The second-order valence-corrected chi connectivity index (χ2v) is 7.75. The number of amides is 3. The summed E-state index contributed by atoms with van der Waals surface area (Å²) in [4.78, 5) is 35.9. The molecular formula is C19H27N3O4S. The normalized spacial score (nSPS) is 15.0. The van der Waals surface area contributed by atoms with Crippen LogP contribution in [0, 0.1) is 0 Å². The zero-order valence-electron chi connectivity index (χ0n) is 15.8. The van der Waals surface area contributed by atoms with E-state index in [4.69, 9.17) is 0 Å². The van der Waals surface area contributed by atoms with E-state index in [-0.39, 0.29) is 23.2 Å². The first kappa shape index (κ1) is 21.1. The number of nitrogens with zero attached hydrogens (tertiary/aromatic N) is 1. The molecular weight excluding hydrogens is 366 g/mol. The topological polar surface area (TPSA) is 87.7 Å². The van der Waals surface area contributed by atoms with Crippen molar-refractivity contribution in [3.8, 4) is 0 Å². The largest absolute Gasteiger partial charge is 0.452 e. The minimum Gasteiger partial charge on any atom is -0.452 e. The van der Waals surface area contributed by atoms with Crippen molar-refractivity contribution in [3.05, 3.63) is 35.9 Å². The van der Waals surface area contributed by atoms with Gasteiger partial charge in [0.15, 0.2) is 5.12 Å². The maximum absolute atomic E-state index is 12.9. The quantitative estimate of drug-likeness (QED) is 0.725. The molecule has 2 rings (SSSR count). The van der Waals surface area contributed by atoms with Crippen LogP contribution in [0.4, 0.5) is 9.59 Å². The first-order chi connectivity index (χ1) is 13.0. The lowest BCUT2D eigenvalue weighted by atomic mass is 10.1. The molecule has 148 valence electrons. The van der Waals surface area contributed by atoms with Crippen LogP contribution in [0.2, 0.25) is 0 Å². The predicted molar refractivity (Wildman–Crippen MR) is 105 cm³/mol. The van der Waals surface area contributed by atoms with E-state index in [1.54, 1.807) is 0 Å². The van der Waals surface area contributed by atoms with E-state index in [0.29, 0.717) is 12.2 Å². The van der Waals surface area contributed by atoms with Gasteiger partial charge in [-0.25, -0.2) is 20.0 Å². The Morgan fingerprint density at radius 2 is 1.89 bits per heavy atom. The van der Waals surface area contributed by atoms with Gasteiger partial charge in [0, 0.05) is 18.7 Å². The summed E-state index contributed by atoms with van der Waals surface area (Å²) in [5.74, 6) is 0.465. The van der Waals surface area contributed by atoms with E-state index < -0.39 is 6.09 Å². The molecule has 8 heteroatoms. The van der Waals surface area contributed by atoms with Crippen LogP contribution in [0.3, 0.4) is 0 Å². The van der Waals surface area contributed by atoms with Crippen molar-refractivity contribution in [2.75, 3.05) is 12.9 Å². The highest BCUT2D eigenvalue weighted by Crippen LogP contribution is 2.22. The third kappa shape index (κ3) is 7.13. The molecule has 2 N–H and O–H groups in total. The Morgan fingerprint density at radius 3 is 2.48 bits per heavy atom. The Balaban J connectivity index is 2.07. The Labute approximate surface area is 164 Å². The van der Waals surface area contributed by atoms with E-state index in [1.807, 2.05) is 30.3 Å². The molecule has 1 fully saturated rings. The van der Waals surface area contributed by atoms with E-state index in [1.165, 1.54) is 30.8 Å². The fourth-order valence-corrected chi connectivity index (χ4v) is 3.76. The average molecular weight is 394 g/mol. The minimum atomic E-state index is -0.672. The fraction of sp³-hybridized carbons (Fsp3) is 0.526. The van der Waals surface area contributed by atoms with Gasteiger partial charge < -0.3 is 10.1 Å². The van der Waals surface area contributed by atoms with Crippen molar-refractivity contribution in [1.29, 1.82) is 0 Å². The van der Waals surface area contributed by atoms with Gasteiger partial charge in [0.05, 0.1) is 13.2 Å². The molecule has 0 aliphatic heterocycles. The van der Waals surface area contributed by atoms with E-state index in [2.05, 4.69) is 15.5 Å². The van der Waals surface area contributed by atoms with Gasteiger partial charge in [-0.05, 0) is 24.8 Å². The Kier molecular flexibility index (Phi) is 8.44. The second kappa shape index (κ2) is 10.8. The molecule has 1 aliphatic rings. The van der Waals surface area contributed by atoms with Gasteiger partial charge in [-0.1, -0.05) is 54.9 Å². The minimum absolute atomic E-state index is 0.00245. The van der Waals surface area contributed by atoms with Crippen LogP contribution in [-0.4, -0.2) is 47.2 Å². The zero-order chi connectivity index (χ0) is 19.6. The molecule has 0 radical (unpaired) electrons. The van der Waals surface area contributed by atoms with Crippen LogP contribution in [0.25, 0.3) is 0 Å². The van der Waals surface area contributed by atoms with E-state index in [0.717, 1.165) is 31.2 Å². The number of urea groups is 1. The van der Waals surface area contributed by atoms with Crippen LogP contribution in [0.5, 0.6) is 0 Å². The van der Waals surface area contributed by atoms with Gasteiger partial charge in [-0.3, -0.25) is 4.79 Å². The molecule has 0 saturated heterocycles. The molecule has 1 atom stereocenters. The number of nitrogens with one attached hydrogen (secondary N) is 2. The summed E-state index contributed by atoms with van der Waals surface area (Å²) in [7, 11) is 1.27. The lowest BCUT2D eigenvalue weighted by Gasteiger charge is -2.30. The van der Waals surface area contributed by atoms with Gasteiger partial charge in [-0.15, -0.1) is 0 Å². The molecule has 0 spiro atoms. The molecule has 1 aromatic rings. The van der Waals surface area contributed by atoms with Crippen molar-refractivity contribution < 1.29 is 19.1 Å². The van der Waals surface area contributed by atoms with Crippen molar-refractivity contribution in [2.45, 2.75) is 51.1 Å². The summed E-state index contributed by atoms with van der Waals surface area (Å²) in [6.45, 7) is 1.51. The number of thioether (sulfide) groups is 1. The lowest BCUT2D eigenvalue weighted by Crippen LogP contribution is -2.57. The van der Waals surface area contributed by atoms with E-state index >= 15 is 0 Å². The first-order valence-electron chi connectivity index (χ1n) is 9.11. The molecule has 1 unspecified atom stereocenters. The molecule has 0 bridgehead atoms. The second-order valence-electron chi connectivity index (χ2n) is 6.55. The number of hydrazine groups is 1. The summed E-state index contributed by atoms with van der Waals surface area (Å²) in [5, 5.41) is 4.32. The van der Waals surface area contributed by atoms with Gasteiger partial charge in [0.1, 0.15) is 0 Å².